The molecule has 0 bridgehead atoms. The lowest BCUT2D eigenvalue weighted by molar-refractivity contribution is 0.185. The van der Waals surface area contributed by atoms with Crippen LogP contribution in [0, 0.1) is 11.8 Å². The topological polar surface area (TPSA) is 39.9 Å². The highest BCUT2D eigenvalue weighted by molar-refractivity contribution is 4.98. The smallest absolute Gasteiger partial charge is 0.151 e. The molecular weight excluding hydrogens is 202 g/mol. The van der Waals surface area contributed by atoms with Crippen LogP contribution in [0.15, 0.2) is 0 Å². The fourth-order valence-electron chi connectivity index (χ4n) is 2.60. The van der Waals surface area contributed by atoms with Crippen LogP contribution >= 0.6 is 0 Å². The Hall–Kier alpha value is -0.900. The number of nitrogens with zero attached hydrogens (tertiary/aromatic N) is 3. The monoisotopic (exact) mass is 221 g/mol. The fourth-order valence-corrected chi connectivity index (χ4v) is 2.60. The number of fused-ring (bicyclic) bond motifs is 1. The Balaban J connectivity index is 1.71. The van der Waals surface area contributed by atoms with Crippen molar-refractivity contribution in [3.8, 4) is 0 Å². The van der Waals surface area contributed by atoms with E-state index in [-0.39, 0.29) is 0 Å². The second-order valence-electron chi connectivity index (χ2n) is 5.20. The van der Waals surface area contributed by atoms with Crippen LogP contribution in [0.3, 0.4) is 0 Å². The van der Waals surface area contributed by atoms with Gasteiger partial charge in [0.2, 0.25) is 0 Å². The van der Waals surface area contributed by atoms with E-state index in [0.29, 0.717) is 5.92 Å². The predicted octanol–water partition coefficient (Wildman–Crippen LogP) is 1.44. The van der Waals surface area contributed by atoms with E-state index in [9.17, 15) is 0 Å². The molecule has 2 atom stereocenters. The maximum atomic E-state index is 5.39. The molecule has 1 aromatic rings. The van der Waals surface area contributed by atoms with Crippen molar-refractivity contribution < 1.29 is 4.74 Å². The molecule has 2 aliphatic rings. The highest BCUT2D eigenvalue weighted by Gasteiger charge is 2.22. The van der Waals surface area contributed by atoms with Gasteiger partial charge in [0.05, 0.1) is 0 Å². The van der Waals surface area contributed by atoms with Crippen LogP contribution in [0.1, 0.15) is 31.4 Å². The van der Waals surface area contributed by atoms with Gasteiger partial charge in [0, 0.05) is 32.6 Å². The molecule has 0 saturated carbocycles. The highest BCUT2D eigenvalue weighted by Crippen LogP contribution is 2.20. The number of hydrogen-bond acceptors (Lipinski definition) is 3. The van der Waals surface area contributed by atoms with Crippen molar-refractivity contribution in [3.63, 3.8) is 0 Å². The standard InChI is InChI=1S/C12H19N3O/c1-9-2-4-15-12(6-9)13-11(14-15)7-10-3-5-16-8-10/h9-10H,2-8H2,1H3. The summed E-state index contributed by atoms with van der Waals surface area (Å²) >= 11 is 0. The van der Waals surface area contributed by atoms with Crippen molar-refractivity contribution in [2.45, 2.75) is 39.2 Å². The van der Waals surface area contributed by atoms with Gasteiger partial charge in [0.1, 0.15) is 5.82 Å². The first-order chi connectivity index (χ1) is 7.81. The Kier molecular flexibility index (Phi) is 2.67. The number of aryl methyl sites for hydroxylation is 1. The Morgan fingerprint density at radius 1 is 1.44 bits per heavy atom. The van der Waals surface area contributed by atoms with E-state index in [1.54, 1.807) is 0 Å². The number of ether oxygens (including phenoxy) is 1. The fraction of sp³-hybridized carbons (Fsp3) is 0.833. The van der Waals surface area contributed by atoms with E-state index in [2.05, 4.69) is 21.7 Å². The summed E-state index contributed by atoms with van der Waals surface area (Å²) < 4.78 is 7.49. The van der Waals surface area contributed by atoms with Gasteiger partial charge in [-0.15, -0.1) is 0 Å². The van der Waals surface area contributed by atoms with Gasteiger partial charge in [-0.1, -0.05) is 6.92 Å². The quantitative estimate of drug-likeness (QED) is 0.758. The molecule has 0 radical (unpaired) electrons. The van der Waals surface area contributed by atoms with Gasteiger partial charge in [-0.2, -0.15) is 5.10 Å². The second kappa shape index (κ2) is 4.17. The van der Waals surface area contributed by atoms with Crippen molar-refractivity contribution >= 4 is 0 Å². The molecule has 3 heterocycles. The van der Waals surface area contributed by atoms with Crippen molar-refractivity contribution in [2.24, 2.45) is 11.8 Å². The summed E-state index contributed by atoms with van der Waals surface area (Å²) in [4.78, 5) is 4.66. The molecule has 0 aromatic carbocycles. The third-order valence-corrected chi connectivity index (χ3v) is 3.65. The number of hydrogen-bond donors (Lipinski definition) is 0. The first-order valence-electron chi connectivity index (χ1n) is 6.31. The van der Waals surface area contributed by atoms with E-state index >= 15 is 0 Å². The van der Waals surface area contributed by atoms with E-state index < -0.39 is 0 Å². The van der Waals surface area contributed by atoms with Crippen LogP contribution in [0.25, 0.3) is 0 Å². The zero-order valence-electron chi connectivity index (χ0n) is 9.85. The lowest BCUT2D eigenvalue weighted by atomic mass is 10.0. The van der Waals surface area contributed by atoms with Crippen LogP contribution in [-0.4, -0.2) is 28.0 Å². The average molecular weight is 221 g/mol. The average Bonchev–Trinajstić information content (AvgIpc) is 2.86. The third-order valence-electron chi connectivity index (χ3n) is 3.65. The van der Waals surface area contributed by atoms with Crippen molar-refractivity contribution in [2.75, 3.05) is 13.2 Å². The molecule has 2 aliphatic heterocycles. The summed E-state index contributed by atoms with van der Waals surface area (Å²) in [6, 6.07) is 0. The first-order valence-corrected chi connectivity index (χ1v) is 6.31. The van der Waals surface area contributed by atoms with Gasteiger partial charge < -0.3 is 4.74 Å². The molecule has 1 fully saturated rings. The molecule has 0 amide bonds. The molecule has 0 N–H and O–H groups in total. The minimum atomic E-state index is 0.641. The van der Waals surface area contributed by atoms with Gasteiger partial charge in [-0.05, 0) is 24.7 Å². The molecule has 4 heteroatoms. The Labute approximate surface area is 96.0 Å². The Morgan fingerprint density at radius 2 is 2.38 bits per heavy atom. The van der Waals surface area contributed by atoms with Crippen LogP contribution in [0.4, 0.5) is 0 Å². The van der Waals surface area contributed by atoms with E-state index in [0.717, 1.165) is 44.3 Å². The van der Waals surface area contributed by atoms with Gasteiger partial charge in [-0.3, -0.25) is 0 Å². The van der Waals surface area contributed by atoms with E-state index in [1.165, 1.54) is 18.7 Å². The summed E-state index contributed by atoms with van der Waals surface area (Å²) in [5.74, 6) is 3.62. The summed E-state index contributed by atoms with van der Waals surface area (Å²) in [5.41, 5.74) is 0. The van der Waals surface area contributed by atoms with Crippen LogP contribution in [0.2, 0.25) is 0 Å². The normalized spacial score (nSPS) is 29.3. The van der Waals surface area contributed by atoms with E-state index in [4.69, 9.17) is 4.74 Å². The summed E-state index contributed by atoms with van der Waals surface area (Å²) in [5, 5.41) is 4.60. The lowest BCUT2D eigenvalue weighted by Gasteiger charge is -2.17. The van der Waals surface area contributed by atoms with Gasteiger partial charge in [-0.25, -0.2) is 9.67 Å². The highest BCUT2D eigenvalue weighted by atomic mass is 16.5. The van der Waals surface area contributed by atoms with Gasteiger partial charge in [0.15, 0.2) is 5.82 Å². The first kappa shape index (κ1) is 10.3. The molecule has 4 nitrogen and oxygen atoms in total. The van der Waals surface area contributed by atoms with Crippen molar-refractivity contribution in [3.05, 3.63) is 11.6 Å². The maximum Gasteiger partial charge on any atom is 0.151 e. The minimum Gasteiger partial charge on any atom is -0.381 e. The summed E-state index contributed by atoms with van der Waals surface area (Å²) in [6.07, 6.45) is 4.49. The van der Waals surface area contributed by atoms with Crippen LogP contribution < -0.4 is 0 Å². The van der Waals surface area contributed by atoms with Crippen molar-refractivity contribution in [1.29, 1.82) is 0 Å². The Morgan fingerprint density at radius 3 is 3.19 bits per heavy atom. The van der Waals surface area contributed by atoms with Crippen LogP contribution in [-0.2, 0) is 24.1 Å². The predicted molar refractivity (Wildman–Crippen MR) is 60.1 cm³/mol. The number of rotatable bonds is 2. The maximum absolute atomic E-state index is 5.39. The zero-order chi connectivity index (χ0) is 11.0. The molecule has 2 unspecified atom stereocenters. The molecular formula is C12H19N3O. The number of aromatic nitrogens is 3. The molecule has 3 rings (SSSR count). The molecule has 88 valence electrons. The molecule has 1 saturated heterocycles. The summed E-state index contributed by atoms with van der Waals surface area (Å²) in [7, 11) is 0. The zero-order valence-corrected chi connectivity index (χ0v) is 9.85. The summed E-state index contributed by atoms with van der Waals surface area (Å²) in [6.45, 7) is 5.14. The SMILES string of the molecule is CC1CCn2nc(CC3CCOC3)nc2C1. The Bertz CT molecular complexity index is 368. The molecule has 0 spiro atoms. The van der Waals surface area contributed by atoms with Gasteiger partial charge in [0.25, 0.3) is 0 Å². The van der Waals surface area contributed by atoms with Crippen molar-refractivity contribution in [1.82, 2.24) is 14.8 Å². The van der Waals surface area contributed by atoms with Gasteiger partial charge >= 0.3 is 0 Å². The van der Waals surface area contributed by atoms with Crippen LogP contribution in [0.5, 0.6) is 0 Å². The largest absolute Gasteiger partial charge is 0.381 e. The molecule has 16 heavy (non-hydrogen) atoms. The second-order valence-corrected chi connectivity index (χ2v) is 5.20. The lowest BCUT2D eigenvalue weighted by Crippen LogP contribution is -2.18. The minimum absolute atomic E-state index is 0.641. The molecule has 1 aromatic heterocycles. The third kappa shape index (κ3) is 1.98. The van der Waals surface area contributed by atoms with E-state index in [1.807, 2.05) is 0 Å². The molecule has 0 aliphatic carbocycles.